The van der Waals surface area contributed by atoms with Crippen LogP contribution in [0, 0.1) is 0 Å². The molecule has 3 nitrogen and oxygen atoms in total. The minimum atomic E-state index is -0.118. The molecule has 0 unspecified atom stereocenters. The first-order valence-corrected chi connectivity index (χ1v) is 9.68. The van der Waals surface area contributed by atoms with Gasteiger partial charge in [-0.05, 0) is 42.7 Å². The van der Waals surface area contributed by atoms with Gasteiger partial charge in [-0.2, -0.15) is 0 Å². The molecule has 0 amide bonds. The Labute approximate surface area is 157 Å². The molecule has 0 saturated heterocycles. The standard InChI is InChI=1S/C21H23BrO3/c1-23-17-11-12-18(24-2)20-19(17)15-5-3-4-6-16(15)25-21(20)13-7-9-14(22)10-8-13/h7-12,15-16,21H,3-6H2,1-2H3/t15-,16-,21+/m1/s1. The minimum Gasteiger partial charge on any atom is -0.496 e. The van der Waals surface area contributed by atoms with Crippen molar-refractivity contribution >= 4 is 15.9 Å². The summed E-state index contributed by atoms with van der Waals surface area (Å²) in [5.74, 6) is 2.23. The number of benzene rings is 2. The highest BCUT2D eigenvalue weighted by atomic mass is 79.9. The van der Waals surface area contributed by atoms with Gasteiger partial charge in [-0.15, -0.1) is 0 Å². The third kappa shape index (κ3) is 2.96. The van der Waals surface area contributed by atoms with Gasteiger partial charge in [-0.25, -0.2) is 0 Å². The summed E-state index contributed by atoms with van der Waals surface area (Å²) in [6, 6.07) is 12.4. The molecule has 1 heterocycles. The quantitative estimate of drug-likeness (QED) is 0.667. The molecule has 2 aliphatic rings. The second kappa shape index (κ2) is 7.00. The van der Waals surface area contributed by atoms with Crippen LogP contribution in [0.25, 0.3) is 0 Å². The maximum atomic E-state index is 6.63. The molecule has 0 spiro atoms. The lowest BCUT2D eigenvalue weighted by atomic mass is 9.75. The molecule has 0 aromatic heterocycles. The van der Waals surface area contributed by atoms with Crippen LogP contribution in [0.15, 0.2) is 40.9 Å². The van der Waals surface area contributed by atoms with Crippen molar-refractivity contribution in [1.29, 1.82) is 0 Å². The lowest BCUT2D eigenvalue weighted by Gasteiger charge is -2.42. The number of halogens is 1. The topological polar surface area (TPSA) is 27.7 Å². The highest BCUT2D eigenvalue weighted by Gasteiger charge is 2.41. The maximum Gasteiger partial charge on any atom is 0.125 e. The number of methoxy groups -OCH3 is 2. The second-order valence-electron chi connectivity index (χ2n) is 6.79. The number of fused-ring (bicyclic) bond motifs is 3. The largest absolute Gasteiger partial charge is 0.496 e. The van der Waals surface area contributed by atoms with Gasteiger partial charge in [-0.1, -0.05) is 40.9 Å². The van der Waals surface area contributed by atoms with Gasteiger partial charge < -0.3 is 14.2 Å². The Morgan fingerprint density at radius 2 is 1.52 bits per heavy atom. The zero-order chi connectivity index (χ0) is 17.4. The van der Waals surface area contributed by atoms with E-state index in [-0.39, 0.29) is 12.2 Å². The van der Waals surface area contributed by atoms with E-state index >= 15 is 0 Å². The van der Waals surface area contributed by atoms with Gasteiger partial charge in [0.15, 0.2) is 0 Å². The van der Waals surface area contributed by atoms with Crippen molar-refractivity contribution in [2.24, 2.45) is 0 Å². The summed E-state index contributed by atoms with van der Waals surface area (Å²) in [6.07, 6.45) is 4.86. The van der Waals surface area contributed by atoms with Crippen LogP contribution in [0.5, 0.6) is 11.5 Å². The Balaban J connectivity index is 1.91. The zero-order valence-electron chi connectivity index (χ0n) is 14.6. The summed E-state index contributed by atoms with van der Waals surface area (Å²) in [5.41, 5.74) is 3.57. The average molecular weight is 403 g/mol. The lowest BCUT2D eigenvalue weighted by Crippen LogP contribution is -2.34. The van der Waals surface area contributed by atoms with Crippen LogP contribution < -0.4 is 9.47 Å². The normalized spacial score (nSPS) is 25.0. The number of ether oxygens (including phenoxy) is 3. The predicted octanol–water partition coefficient (Wildman–Crippen LogP) is 5.61. The van der Waals surface area contributed by atoms with Gasteiger partial charge in [-0.3, -0.25) is 0 Å². The second-order valence-corrected chi connectivity index (χ2v) is 7.71. The van der Waals surface area contributed by atoms with Crippen molar-refractivity contribution < 1.29 is 14.2 Å². The van der Waals surface area contributed by atoms with E-state index in [4.69, 9.17) is 14.2 Å². The van der Waals surface area contributed by atoms with Crippen LogP contribution in [-0.4, -0.2) is 20.3 Å². The molecule has 1 aliphatic heterocycles. The van der Waals surface area contributed by atoms with E-state index in [2.05, 4.69) is 40.2 Å². The molecule has 3 atom stereocenters. The first-order valence-electron chi connectivity index (χ1n) is 8.88. The molecule has 0 bridgehead atoms. The number of hydrogen-bond acceptors (Lipinski definition) is 3. The first-order chi connectivity index (χ1) is 12.2. The fraction of sp³-hybridized carbons (Fsp3) is 0.429. The molecule has 25 heavy (non-hydrogen) atoms. The molecular weight excluding hydrogens is 380 g/mol. The Morgan fingerprint density at radius 3 is 2.20 bits per heavy atom. The molecule has 132 valence electrons. The van der Waals surface area contributed by atoms with Crippen molar-refractivity contribution in [2.75, 3.05) is 14.2 Å². The van der Waals surface area contributed by atoms with Crippen LogP contribution >= 0.6 is 15.9 Å². The maximum absolute atomic E-state index is 6.63. The van der Waals surface area contributed by atoms with Crippen molar-refractivity contribution in [3.63, 3.8) is 0 Å². The van der Waals surface area contributed by atoms with E-state index in [0.29, 0.717) is 5.92 Å². The predicted molar refractivity (Wildman–Crippen MR) is 102 cm³/mol. The molecule has 0 N–H and O–H groups in total. The molecule has 4 rings (SSSR count). The summed E-state index contributed by atoms with van der Waals surface area (Å²) in [7, 11) is 3.48. The molecular formula is C21H23BrO3. The van der Waals surface area contributed by atoms with Crippen molar-refractivity contribution in [3.05, 3.63) is 57.6 Å². The fourth-order valence-electron chi connectivity index (χ4n) is 4.32. The highest BCUT2D eigenvalue weighted by molar-refractivity contribution is 9.10. The molecule has 0 radical (unpaired) electrons. The molecule has 1 fully saturated rings. The summed E-state index contributed by atoms with van der Waals surface area (Å²) < 4.78 is 19.2. The summed E-state index contributed by atoms with van der Waals surface area (Å²) in [4.78, 5) is 0. The van der Waals surface area contributed by atoms with Gasteiger partial charge in [0, 0.05) is 21.5 Å². The summed E-state index contributed by atoms with van der Waals surface area (Å²) in [6.45, 7) is 0. The average Bonchev–Trinajstić information content (AvgIpc) is 2.67. The number of hydrogen-bond donors (Lipinski definition) is 0. The Bertz CT molecular complexity index is 756. The van der Waals surface area contributed by atoms with Gasteiger partial charge in [0.2, 0.25) is 0 Å². The van der Waals surface area contributed by atoms with E-state index in [1.807, 2.05) is 12.1 Å². The lowest BCUT2D eigenvalue weighted by molar-refractivity contribution is -0.0406. The van der Waals surface area contributed by atoms with E-state index in [1.54, 1.807) is 14.2 Å². The molecule has 2 aromatic carbocycles. The highest BCUT2D eigenvalue weighted by Crippen LogP contribution is 2.52. The van der Waals surface area contributed by atoms with Gasteiger partial charge in [0.25, 0.3) is 0 Å². The van der Waals surface area contributed by atoms with Gasteiger partial charge in [0.05, 0.1) is 20.3 Å². The number of rotatable bonds is 3. The van der Waals surface area contributed by atoms with Gasteiger partial charge in [0.1, 0.15) is 17.6 Å². The first kappa shape index (κ1) is 16.9. The van der Waals surface area contributed by atoms with Crippen molar-refractivity contribution in [2.45, 2.75) is 43.8 Å². The Kier molecular flexibility index (Phi) is 4.74. The molecule has 4 heteroatoms. The SMILES string of the molecule is COc1ccc(OC)c2c1[C@H](c1ccc(Br)cc1)O[C@@H]1CCCC[C@@H]21. The van der Waals surface area contributed by atoms with Crippen LogP contribution in [-0.2, 0) is 4.74 Å². The monoisotopic (exact) mass is 402 g/mol. The fourth-order valence-corrected chi connectivity index (χ4v) is 4.59. The summed E-state index contributed by atoms with van der Waals surface area (Å²) in [5, 5.41) is 0. The van der Waals surface area contributed by atoms with E-state index in [1.165, 1.54) is 18.4 Å². The smallest absolute Gasteiger partial charge is 0.125 e. The van der Waals surface area contributed by atoms with Crippen molar-refractivity contribution in [1.82, 2.24) is 0 Å². The summed E-state index contributed by atoms with van der Waals surface area (Å²) >= 11 is 3.52. The van der Waals surface area contributed by atoms with Gasteiger partial charge >= 0.3 is 0 Å². The molecule has 2 aromatic rings. The van der Waals surface area contributed by atoms with Crippen LogP contribution in [0.1, 0.15) is 54.4 Å². The molecule has 1 saturated carbocycles. The van der Waals surface area contributed by atoms with E-state index in [9.17, 15) is 0 Å². The van der Waals surface area contributed by atoms with Crippen LogP contribution in [0.3, 0.4) is 0 Å². The zero-order valence-corrected chi connectivity index (χ0v) is 16.2. The van der Waals surface area contributed by atoms with Crippen molar-refractivity contribution in [3.8, 4) is 11.5 Å². The Morgan fingerprint density at radius 1 is 0.880 bits per heavy atom. The van der Waals surface area contributed by atoms with E-state index in [0.717, 1.165) is 39.9 Å². The Hall–Kier alpha value is -1.52. The van der Waals surface area contributed by atoms with Crippen LogP contribution in [0.4, 0.5) is 0 Å². The molecule has 1 aliphatic carbocycles. The third-order valence-electron chi connectivity index (χ3n) is 5.47. The third-order valence-corrected chi connectivity index (χ3v) is 5.99. The van der Waals surface area contributed by atoms with Crippen LogP contribution in [0.2, 0.25) is 0 Å². The van der Waals surface area contributed by atoms with E-state index < -0.39 is 0 Å². The minimum absolute atomic E-state index is 0.118.